The van der Waals surface area contributed by atoms with Crippen molar-refractivity contribution in [2.45, 2.75) is 33.2 Å². The molecule has 0 saturated heterocycles. The van der Waals surface area contributed by atoms with Crippen molar-refractivity contribution in [3.05, 3.63) is 47.3 Å². The van der Waals surface area contributed by atoms with Crippen LogP contribution in [0.5, 0.6) is 0 Å². The Labute approximate surface area is 135 Å². The topological polar surface area (TPSA) is 76.0 Å². The van der Waals surface area contributed by atoms with Crippen LogP contribution >= 0.6 is 0 Å². The zero-order valence-corrected chi connectivity index (χ0v) is 13.7. The Bertz CT molecular complexity index is 706. The van der Waals surface area contributed by atoms with E-state index in [2.05, 4.69) is 15.7 Å². The molecule has 122 valence electrons. The van der Waals surface area contributed by atoms with Crippen LogP contribution in [0.2, 0.25) is 0 Å². The van der Waals surface area contributed by atoms with Gasteiger partial charge in [0.15, 0.2) is 0 Å². The number of anilines is 1. The Morgan fingerprint density at radius 3 is 2.57 bits per heavy atom. The summed E-state index contributed by atoms with van der Waals surface area (Å²) >= 11 is 0. The lowest BCUT2D eigenvalue weighted by Crippen LogP contribution is -2.21. The van der Waals surface area contributed by atoms with Crippen LogP contribution in [-0.2, 0) is 22.6 Å². The van der Waals surface area contributed by atoms with Gasteiger partial charge in [0.25, 0.3) is 0 Å². The molecule has 2 N–H and O–H groups in total. The summed E-state index contributed by atoms with van der Waals surface area (Å²) in [4.78, 5) is 23.6. The molecule has 0 unspecified atom stereocenters. The first-order valence-electron chi connectivity index (χ1n) is 7.59. The predicted octanol–water partition coefficient (Wildman–Crippen LogP) is 1.82. The molecular formula is C17H22N4O2. The number of hydrogen-bond donors (Lipinski definition) is 2. The fraction of sp³-hybridized carbons (Fsp3) is 0.353. The second kappa shape index (κ2) is 7.58. The van der Waals surface area contributed by atoms with Gasteiger partial charge in [-0.2, -0.15) is 5.10 Å². The third kappa shape index (κ3) is 4.67. The van der Waals surface area contributed by atoms with Gasteiger partial charge in [-0.3, -0.25) is 14.3 Å². The number of nitrogens with one attached hydrogen (secondary N) is 2. The summed E-state index contributed by atoms with van der Waals surface area (Å²) in [5.74, 6) is -0.155. The zero-order chi connectivity index (χ0) is 16.8. The molecule has 0 aliphatic carbocycles. The first-order chi connectivity index (χ1) is 11.0. The van der Waals surface area contributed by atoms with Gasteiger partial charge in [-0.1, -0.05) is 18.2 Å². The van der Waals surface area contributed by atoms with Gasteiger partial charge in [0.2, 0.25) is 11.8 Å². The number of benzene rings is 1. The number of aryl methyl sites for hydroxylation is 3. The first-order valence-corrected chi connectivity index (χ1v) is 7.59. The second-order valence-electron chi connectivity index (χ2n) is 5.46. The molecule has 0 aliphatic heterocycles. The number of rotatable bonds is 6. The summed E-state index contributed by atoms with van der Waals surface area (Å²) in [5, 5.41) is 9.79. The molecule has 1 aromatic carbocycles. The quantitative estimate of drug-likeness (QED) is 0.854. The molecule has 6 heteroatoms. The zero-order valence-electron chi connectivity index (χ0n) is 13.7. The monoisotopic (exact) mass is 314 g/mol. The Morgan fingerprint density at radius 2 is 1.91 bits per heavy atom. The van der Waals surface area contributed by atoms with Crippen molar-refractivity contribution in [3.8, 4) is 0 Å². The number of carbonyl (C=O) groups excluding carboxylic acids is 2. The van der Waals surface area contributed by atoms with Gasteiger partial charge < -0.3 is 10.6 Å². The van der Waals surface area contributed by atoms with E-state index in [0.29, 0.717) is 12.8 Å². The second-order valence-corrected chi connectivity index (χ2v) is 5.46. The number of amides is 2. The van der Waals surface area contributed by atoms with Crippen molar-refractivity contribution in [3.63, 3.8) is 0 Å². The van der Waals surface area contributed by atoms with Crippen molar-refractivity contribution in [1.82, 2.24) is 15.1 Å². The van der Waals surface area contributed by atoms with Crippen LogP contribution in [0.3, 0.4) is 0 Å². The van der Waals surface area contributed by atoms with Gasteiger partial charge in [0, 0.05) is 24.8 Å². The van der Waals surface area contributed by atoms with Gasteiger partial charge >= 0.3 is 0 Å². The molecule has 2 rings (SSSR count). The molecule has 6 nitrogen and oxygen atoms in total. The summed E-state index contributed by atoms with van der Waals surface area (Å²) in [7, 11) is 1.62. The third-order valence-corrected chi connectivity index (χ3v) is 3.59. The fourth-order valence-corrected chi connectivity index (χ4v) is 2.39. The highest BCUT2D eigenvalue weighted by Gasteiger charge is 2.10. The van der Waals surface area contributed by atoms with Crippen molar-refractivity contribution in [2.24, 2.45) is 0 Å². The summed E-state index contributed by atoms with van der Waals surface area (Å²) < 4.78 is 1.68. The number of hydrogen-bond acceptors (Lipinski definition) is 3. The van der Waals surface area contributed by atoms with E-state index in [1.807, 2.05) is 44.2 Å². The van der Waals surface area contributed by atoms with Gasteiger partial charge in [-0.05, 0) is 38.0 Å². The van der Waals surface area contributed by atoms with Crippen molar-refractivity contribution >= 4 is 17.5 Å². The Hall–Kier alpha value is -2.63. The molecule has 0 spiro atoms. The van der Waals surface area contributed by atoms with Crippen molar-refractivity contribution in [2.75, 3.05) is 12.4 Å². The molecule has 2 amide bonds. The number of aromatic nitrogens is 2. The third-order valence-electron chi connectivity index (χ3n) is 3.59. The van der Waals surface area contributed by atoms with Crippen molar-refractivity contribution < 1.29 is 9.59 Å². The molecule has 0 fully saturated rings. The average Bonchev–Trinajstić information content (AvgIpc) is 2.83. The van der Waals surface area contributed by atoms with Crippen LogP contribution in [0, 0.1) is 13.8 Å². The maximum Gasteiger partial charge on any atom is 0.246 e. The highest BCUT2D eigenvalue weighted by molar-refractivity contribution is 5.91. The normalized spacial score (nSPS) is 10.4. The van der Waals surface area contributed by atoms with E-state index >= 15 is 0 Å². The van der Waals surface area contributed by atoms with Crippen LogP contribution in [0.1, 0.15) is 23.4 Å². The molecule has 1 aromatic heterocycles. The smallest absolute Gasteiger partial charge is 0.246 e. The standard InChI is InChI=1S/C17H22N4O2/c1-12-10-13(2)21(20-12)11-17(23)19-15-7-5-4-6-14(15)8-9-16(22)18-3/h4-7,10H,8-9,11H2,1-3H3,(H,18,22)(H,19,23). The lowest BCUT2D eigenvalue weighted by atomic mass is 10.1. The minimum Gasteiger partial charge on any atom is -0.359 e. The highest BCUT2D eigenvalue weighted by Crippen LogP contribution is 2.17. The Morgan fingerprint density at radius 1 is 1.17 bits per heavy atom. The van der Waals surface area contributed by atoms with E-state index in [-0.39, 0.29) is 18.4 Å². The number of carbonyl (C=O) groups is 2. The molecule has 0 bridgehead atoms. The minimum absolute atomic E-state index is 0.0197. The van der Waals surface area contributed by atoms with E-state index in [4.69, 9.17) is 0 Å². The molecule has 1 heterocycles. The number of nitrogens with zero attached hydrogens (tertiary/aromatic N) is 2. The van der Waals surface area contributed by atoms with E-state index in [0.717, 1.165) is 22.6 Å². The maximum absolute atomic E-state index is 12.2. The largest absolute Gasteiger partial charge is 0.359 e. The lowest BCUT2D eigenvalue weighted by molar-refractivity contribution is -0.120. The van der Waals surface area contributed by atoms with Crippen LogP contribution in [0.4, 0.5) is 5.69 Å². The van der Waals surface area contributed by atoms with Crippen LogP contribution < -0.4 is 10.6 Å². The number of para-hydroxylation sites is 1. The van der Waals surface area contributed by atoms with Gasteiger partial charge in [-0.25, -0.2) is 0 Å². The van der Waals surface area contributed by atoms with Crippen LogP contribution in [0.15, 0.2) is 30.3 Å². The molecule has 23 heavy (non-hydrogen) atoms. The van der Waals surface area contributed by atoms with Gasteiger partial charge in [0.05, 0.1) is 5.69 Å². The summed E-state index contributed by atoms with van der Waals surface area (Å²) in [6.07, 6.45) is 0.969. The minimum atomic E-state index is -0.136. The maximum atomic E-state index is 12.2. The Balaban J connectivity index is 2.03. The van der Waals surface area contributed by atoms with Gasteiger partial charge in [-0.15, -0.1) is 0 Å². The molecular weight excluding hydrogens is 292 g/mol. The van der Waals surface area contributed by atoms with E-state index in [1.165, 1.54) is 0 Å². The highest BCUT2D eigenvalue weighted by atomic mass is 16.2. The first kappa shape index (κ1) is 16.7. The summed E-state index contributed by atoms with van der Waals surface area (Å²) in [6, 6.07) is 9.46. The molecule has 2 aromatic rings. The van der Waals surface area contributed by atoms with Crippen LogP contribution in [-0.4, -0.2) is 28.6 Å². The molecule has 0 atom stereocenters. The fourth-order valence-electron chi connectivity index (χ4n) is 2.39. The van der Waals surface area contributed by atoms with E-state index in [9.17, 15) is 9.59 Å². The SMILES string of the molecule is CNC(=O)CCc1ccccc1NC(=O)Cn1nc(C)cc1C. The Kier molecular flexibility index (Phi) is 5.51. The van der Waals surface area contributed by atoms with E-state index < -0.39 is 0 Å². The molecule has 0 aliphatic rings. The molecule has 0 radical (unpaired) electrons. The summed E-state index contributed by atoms with van der Waals surface area (Å²) in [6.45, 7) is 3.99. The average molecular weight is 314 g/mol. The predicted molar refractivity (Wildman–Crippen MR) is 89.2 cm³/mol. The molecule has 0 saturated carbocycles. The van der Waals surface area contributed by atoms with Crippen LogP contribution in [0.25, 0.3) is 0 Å². The van der Waals surface area contributed by atoms with E-state index in [1.54, 1.807) is 11.7 Å². The lowest BCUT2D eigenvalue weighted by Gasteiger charge is -2.11. The van der Waals surface area contributed by atoms with Crippen molar-refractivity contribution in [1.29, 1.82) is 0 Å². The van der Waals surface area contributed by atoms with Gasteiger partial charge in [0.1, 0.15) is 6.54 Å². The summed E-state index contributed by atoms with van der Waals surface area (Å²) in [5.41, 5.74) is 3.52.